The van der Waals surface area contributed by atoms with Crippen molar-refractivity contribution in [2.45, 2.75) is 17.4 Å². The molecule has 0 unspecified atom stereocenters. The average Bonchev–Trinajstić information content (AvgIpc) is 2.80. The molecule has 0 fully saturated rings. The van der Waals surface area contributed by atoms with Crippen LogP contribution in [-0.4, -0.2) is 34.6 Å². The van der Waals surface area contributed by atoms with Gasteiger partial charge in [0.1, 0.15) is 0 Å². The standard InChI is InChI=1S/C24H25ClN2O4S/c1-31-15-14-26-32(29,30)20-12-13-22(25)21(17-20)24(28)27-23(19-10-6-3-7-11-19)16-18-8-4-2-5-9-18/h2-13,17,23,26H,14-16H2,1H3,(H,27,28)/t23-/m0/s1. The summed E-state index contributed by atoms with van der Waals surface area (Å²) in [7, 11) is -2.32. The van der Waals surface area contributed by atoms with Gasteiger partial charge >= 0.3 is 0 Å². The number of hydrogen-bond donors (Lipinski definition) is 2. The lowest BCUT2D eigenvalue weighted by Gasteiger charge is -2.20. The number of carbonyl (C=O) groups is 1. The molecule has 0 saturated carbocycles. The average molecular weight is 473 g/mol. The van der Waals surface area contributed by atoms with Crippen LogP contribution in [0.4, 0.5) is 0 Å². The van der Waals surface area contributed by atoms with Crippen LogP contribution in [0.5, 0.6) is 0 Å². The lowest BCUT2D eigenvalue weighted by Crippen LogP contribution is -2.31. The van der Waals surface area contributed by atoms with Gasteiger partial charge in [0, 0.05) is 13.7 Å². The van der Waals surface area contributed by atoms with Gasteiger partial charge in [-0.2, -0.15) is 0 Å². The smallest absolute Gasteiger partial charge is 0.253 e. The van der Waals surface area contributed by atoms with Crippen molar-refractivity contribution in [3.05, 3.63) is 101 Å². The molecule has 2 N–H and O–H groups in total. The maximum Gasteiger partial charge on any atom is 0.253 e. The summed E-state index contributed by atoms with van der Waals surface area (Å²) >= 11 is 6.26. The maximum absolute atomic E-state index is 13.1. The van der Waals surface area contributed by atoms with E-state index in [2.05, 4.69) is 10.0 Å². The number of hydrogen-bond acceptors (Lipinski definition) is 4. The van der Waals surface area contributed by atoms with E-state index in [1.54, 1.807) is 0 Å². The Labute approximate surface area is 193 Å². The number of sulfonamides is 1. The van der Waals surface area contributed by atoms with Crippen LogP contribution < -0.4 is 10.0 Å². The van der Waals surface area contributed by atoms with Crippen molar-refractivity contribution in [2.24, 2.45) is 0 Å². The van der Waals surface area contributed by atoms with Gasteiger partial charge < -0.3 is 10.1 Å². The Bertz CT molecular complexity index is 1140. The molecule has 0 aliphatic rings. The number of nitrogens with one attached hydrogen (secondary N) is 2. The predicted octanol–water partition coefficient (Wildman–Crippen LogP) is 3.98. The SMILES string of the molecule is COCCNS(=O)(=O)c1ccc(Cl)c(C(=O)N[C@@H](Cc2ccccc2)c2ccccc2)c1. The van der Waals surface area contributed by atoms with Gasteiger partial charge in [-0.15, -0.1) is 0 Å². The van der Waals surface area contributed by atoms with Crippen LogP contribution in [0, 0.1) is 0 Å². The van der Waals surface area contributed by atoms with Crippen LogP contribution >= 0.6 is 11.6 Å². The van der Waals surface area contributed by atoms with Gasteiger partial charge in [-0.1, -0.05) is 72.3 Å². The molecule has 0 spiro atoms. The monoisotopic (exact) mass is 472 g/mol. The third-order valence-corrected chi connectivity index (χ3v) is 6.67. The Balaban J connectivity index is 1.86. The summed E-state index contributed by atoms with van der Waals surface area (Å²) in [5.41, 5.74) is 2.09. The number of ether oxygens (including phenoxy) is 1. The zero-order valence-corrected chi connectivity index (χ0v) is 19.2. The number of benzene rings is 3. The molecule has 0 radical (unpaired) electrons. The Morgan fingerprint density at radius 2 is 1.66 bits per heavy atom. The second-order valence-corrected chi connectivity index (χ2v) is 9.33. The highest BCUT2D eigenvalue weighted by molar-refractivity contribution is 7.89. The number of amides is 1. The number of methoxy groups -OCH3 is 1. The Morgan fingerprint density at radius 1 is 1.00 bits per heavy atom. The molecule has 6 nitrogen and oxygen atoms in total. The third kappa shape index (κ3) is 6.40. The minimum Gasteiger partial charge on any atom is -0.383 e. The fourth-order valence-electron chi connectivity index (χ4n) is 3.23. The van der Waals surface area contributed by atoms with Crippen LogP contribution in [0.15, 0.2) is 83.8 Å². The molecular weight excluding hydrogens is 448 g/mol. The molecule has 0 aromatic heterocycles. The molecule has 0 aliphatic heterocycles. The molecule has 0 saturated heterocycles. The first-order valence-corrected chi connectivity index (χ1v) is 11.9. The van der Waals surface area contributed by atoms with Crippen molar-refractivity contribution >= 4 is 27.5 Å². The molecule has 8 heteroatoms. The summed E-state index contributed by atoms with van der Waals surface area (Å²) in [6.45, 7) is 0.356. The lowest BCUT2D eigenvalue weighted by atomic mass is 9.98. The largest absolute Gasteiger partial charge is 0.383 e. The van der Waals surface area contributed by atoms with Crippen molar-refractivity contribution in [1.29, 1.82) is 0 Å². The van der Waals surface area contributed by atoms with Gasteiger partial charge in [-0.25, -0.2) is 13.1 Å². The maximum atomic E-state index is 13.1. The Kier molecular flexibility index (Phi) is 8.41. The quantitative estimate of drug-likeness (QED) is 0.437. The van der Waals surface area contributed by atoms with Crippen molar-refractivity contribution in [3.8, 4) is 0 Å². The normalized spacial score (nSPS) is 12.3. The van der Waals surface area contributed by atoms with Gasteiger partial charge in [0.05, 0.1) is 28.1 Å². The highest BCUT2D eigenvalue weighted by Crippen LogP contribution is 2.23. The molecule has 1 atom stereocenters. The van der Waals surface area contributed by atoms with E-state index in [1.807, 2.05) is 60.7 Å². The number of rotatable bonds is 10. The van der Waals surface area contributed by atoms with E-state index in [0.717, 1.165) is 11.1 Å². The second kappa shape index (κ2) is 11.2. The summed E-state index contributed by atoms with van der Waals surface area (Å²) in [6.07, 6.45) is 0.574. The van der Waals surface area contributed by atoms with Crippen LogP contribution in [0.3, 0.4) is 0 Å². The van der Waals surface area contributed by atoms with Crippen LogP contribution in [-0.2, 0) is 21.2 Å². The number of halogens is 1. The van der Waals surface area contributed by atoms with E-state index in [0.29, 0.717) is 6.42 Å². The molecule has 0 aliphatic carbocycles. The molecule has 3 rings (SSSR count). The van der Waals surface area contributed by atoms with Crippen molar-refractivity contribution < 1.29 is 17.9 Å². The van der Waals surface area contributed by atoms with E-state index < -0.39 is 15.9 Å². The van der Waals surface area contributed by atoms with Gasteiger partial charge in [0.25, 0.3) is 5.91 Å². The van der Waals surface area contributed by atoms with E-state index in [4.69, 9.17) is 16.3 Å². The summed E-state index contributed by atoms with van der Waals surface area (Å²) in [5.74, 6) is -0.450. The van der Waals surface area contributed by atoms with Gasteiger partial charge in [0.2, 0.25) is 10.0 Å². The molecule has 32 heavy (non-hydrogen) atoms. The van der Waals surface area contributed by atoms with Crippen LogP contribution in [0.2, 0.25) is 5.02 Å². The van der Waals surface area contributed by atoms with Crippen molar-refractivity contribution in [1.82, 2.24) is 10.0 Å². The lowest BCUT2D eigenvalue weighted by molar-refractivity contribution is 0.0936. The van der Waals surface area contributed by atoms with E-state index >= 15 is 0 Å². The van der Waals surface area contributed by atoms with E-state index in [-0.39, 0.29) is 34.7 Å². The van der Waals surface area contributed by atoms with Crippen LogP contribution in [0.1, 0.15) is 27.5 Å². The van der Waals surface area contributed by atoms with Crippen LogP contribution in [0.25, 0.3) is 0 Å². The summed E-state index contributed by atoms with van der Waals surface area (Å²) < 4.78 is 32.4. The Hall–Kier alpha value is -2.71. The minimum atomic E-state index is -3.80. The van der Waals surface area contributed by atoms with Crippen molar-refractivity contribution in [2.75, 3.05) is 20.3 Å². The molecule has 168 valence electrons. The predicted molar refractivity (Wildman–Crippen MR) is 125 cm³/mol. The van der Waals surface area contributed by atoms with Gasteiger partial charge in [-0.05, 0) is 35.7 Å². The molecular formula is C24H25ClN2O4S. The second-order valence-electron chi connectivity index (χ2n) is 7.16. The number of carbonyl (C=O) groups excluding carboxylic acids is 1. The molecule has 3 aromatic rings. The van der Waals surface area contributed by atoms with Crippen molar-refractivity contribution in [3.63, 3.8) is 0 Å². The minimum absolute atomic E-state index is 0.0394. The highest BCUT2D eigenvalue weighted by atomic mass is 35.5. The molecule has 1 amide bonds. The summed E-state index contributed by atoms with van der Waals surface area (Å²) in [5, 5.41) is 3.18. The molecule has 3 aromatic carbocycles. The van der Waals surface area contributed by atoms with Gasteiger partial charge in [0.15, 0.2) is 0 Å². The fraction of sp³-hybridized carbons (Fsp3) is 0.208. The topological polar surface area (TPSA) is 84.5 Å². The first-order chi connectivity index (χ1) is 15.4. The molecule has 0 bridgehead atoms. The Morgan fingerprint density at radius 3 is 2.31 bits per heavy atom. The first-order valence-electron chi connectivity index (χ1n) is 10.1. The van der Waals surface area contributed by atoms with E-state index in [1.165, 1.54) is 25.3 Å². The molecule has 0 heterocycles. The third-order valence-electron chi connectivity index (χ3n) is 4.88. The zero-order valence-electron chi connectivity index (χ0n) is 17.6. The zero-order chi connectivity index (χ0) is 23.0. The van der Waals surface area contributed by atoms with E-state index in [9.17, 15) is 13.2 Å². The first kappa shape index (κ1) is 23.9. The summed E-state index contributed by atoms with van der Waals surface area (Å²) in [6, 6.07) is 23.2. The van der Waals surface area contributed by atoms with Gasteiger partial charge in [-0.3, -0.25) is 4.79 Å². The summed E-state index contributed by atoms with van der Waals surface area (Å²) in [4.78, 5) is 13.1. The highest BCUT2D eigenvalue weighted by Gasteiger charge is 2.21. The fourth-order valence-corrected chi connectivity index (χ4v) is 4.47.